The largest absolute Gasteiger partial charge is 0.457 e. The van der Waals surface area contributed by atoms with Crippen molar-refractivity contribution < 1.29 is 14.3 Å². The van der Waals surface area contributed by atoms with Gasteiger partial charge in [0.25, 0.3) is 0 Å². The number of para-hydroxylation sites is 2. The van der Waals surface area contributed by atoms with Crippen molar-refractivity contribution in [2.24, 2.45) is 4.99 Å². The summed E-state index contributed by atoms with van der Waals surface area (Å²) < 4.78 is 13.4. The van der Waals surface area contributed by atoms with Crippen molar-refractivity contribution in [3.63, 3.8) is 0 Å². The number of aryl methyl sites for hydroxylation is 1. The number of nitrogens with zero attached hydrogens (tertiary/aromatic N) is 4. The molecule has 0 N–H and O–H groups in total. The molecule has 184 valence electrons. The van der Waals surface area contributed by atoms with Gasteiger partial charge in [0.1, 0.15) is 17.3 Å². The first-order valence-corrected chi connectivity index (χ1v) is 12.4. The van der Waals surface area contributed by atoms with Crippen LogP contribution in [0.1, 0.15) is 29.7 Å². The number of carbonyl (C=O) groups excluding carboxylic acids is 1. The molecule has 0 amide bonds. The normalized spacial score (nSPS) is 16.2. The molecule has 7 nitrogen and oxygen atoms in total. The van der Waals surface area contributed by atoms with E-state index in [2.05, 4.69) is 9.89 Å². The minimum Gasteiger partial charge on any atom is -0.457 e. The van der Waals surface area contributed by atoms with Gasteiger partial charge < -0.3 is 14.4 Å². The molecule has 0 atom stereocenters. The molecule has 0 radical (unpaired) electrons. The fourth-order valence-corrected chi connectivity index (χ4v) is 4.64. The van der Waals surface area contributed by atoms with Crippen LogP contribution in [-0.2, 0) is 9.53 Å². The van der Waals surface area contributed by atoms with Crippen molar-refractivity contribution in [1.29, 1.82) is 0 Å². The van der Waals surface area contributed by atoms with Crippen molar-refractivity contribution in [3.05, 3.63) is 107 Å². The van der Waals surface area contributed by atoms with Gasteiger partial charge in [-0.3, -0.25) is 0 Å². The molecule has 3 heterocycles. The van der Waals surface area contributed by atoms with E-state index in [0.29, 0.717) is 11.3 Å². The molecule has 7 heteroatoms. The maximum absolute atomic E-state index is 12.8. The Kier molecular flexibility index (Phi) is 6.02. The highest BCUT2D eigenvalue weighted by molar-refractivity contribution is 6.13. The highest BCUT2D eigenvalue weighted by atomic mass is 16.6. The van der Waals surface area contributed by atoms with Gasteiger partial charge in [0.15, 0.2) is 5.70 Å². The summed E-state index contributed by atoms with van der Waals surface area (Å²) in [6.45, 7) is 3.86. The lowest BCUT2D eigenvalue weighted by atomic mass is 10.2. The number of carbonyl (C=O) groups is 1. The molecule has 0 unspecified atom stereocenters. The van der Waals surface area contributed by atoms with Gasteiger partial charge in [-0.25, -0.2) is 14.5 Å². The second kappa shape index (κ2) is 9.78. The van der Waals surface area contributed by atoms with Gasteiger partial charge in [0, 0.05) is 24.2 Å². The van der Waals surface area contributed by atoms with E-state index < -0.39 is 5.97 Å². The highest BCUT2D eigenvalue weighted by Gasteiger charge is 2.28. The van der Waals surface area contributed by atoms with Gasteiger partial charge >= 0.3 is 5.97 Å². The van der Waals surface area contributed by atoms with E-state index in [9.17, 15) is 4.79 Å². The number of hydrogen-bond donors (Lipinski definition) is 0. The summed E-state index contributed by atoms with van der Waals surface area (Å²) in [5.74, 6) is 2.23. The Morgan fingerprint density at radius 3 is 2.22 bits per heavy atom. The van der Waals surface area contributed by atoms with Crippen molar-refractivity contribution >= 4 is 23.8 Å². The Morgan fingerprint density at radius 1 is 0.865 bits per heavy atom. The number of cyclic esters (lactones) is 1. The molecule has 1 fully saturated rings. The molecule has 0 spiro atoms. The van der Waals surface area contributed by atoms with Crippen molar-refractivity contribution in [3.8, 4) is 17.2 Å². The molecule has 1 saturated heterocycles. The fraction of sp³-hybridized carbons (Fsp3) is 0.167. The van der Waals surface area contributed by atoms with E-state index in [-0.39, 0.29) is 11.6 Å². The number of anilines is 1. The van der Waals surface area contributed by atoms with E-state index in [0.717, 1.165) is 54.4 Å². The van der Waals surface area contributed by atoms with Crippen LogP contribution in [0.5, 0.6) is 11.5 Å². The van der Waals surface area contributed by atoms with Crippen LogP contribution in [0.15, 0.2) is 95.6 Å². The molecule has 0 bridgehead atoms. The Morgan fingerprint density at radius 2 is 1.51 bits per heavy atom. The third-order valence-electron chi connectivity index (χ3n) is 6.47. The van der Waals surface area contributed by atoms with E-state index in [1.807, 2.05) is 96.5 Å². The van der Waals surface area contributed by atoms with E-state index in [4.69, 9.17) is 14.6 Å². The predicted molar refractivity (Wildman–Crippen MR) is 143 cm³/mol. The topological polar surface area (TPSA) is 69.0 Å². The Labute approximate surface area is 215 Å². The molecule has 1 aromatic heterocycles. The van der Waals surface area contributed by atoms with Gasteiger partial charge in [0.2, 0.25) is 5.90 Å². The van der Waals surface area contributed by atoms with Crippen molar-refractivity contribution in [2.45, 2.75) is 19.8 Å². The molecule has 4 aromatic rings. The minimum absolute atomic E-state index is 0.260. The predicted octanol–water partition coefficient (Wildman–Crippen LogP) is 5.92. The summed E-state index contributed by atoms with van der Waals surface area (Å²) in [5, 5.41) is 4.83. The first-order chi connectivity index (χ1) is 18.2. The van der Waals surface area contributed by atoms with Gasteiger partial charge in [0.05, 0.1) is 11.4 Å². The summed E-state index contributed by atoms with van der Waals surface area (Å²) in [5.41, 5.74) is 3.66. The van der Waals surface area contributed by atoms with Crippen molar-refractivity contribution in [1.82, 2.24) is 9.78 Å². The second-order valence-corrected chi connectivity index (χ2v) is 9.04. The lowest BCUT2D eigenvalue weighted by Crippen LogP contribution is -2.22. The van der Waals surface area contributed by atoms with E-state index in [1.54, 1.807) is 6.08 Å². The summed E-state index contributed by atoms with van der Waals surface area (Å²) >= 11 is 0. The third-order valence-corrected chi connectivity index (χ3v) is 6.47. The molecular weight excluding hydrogens is 464 g/mol. The van der Waals surface area contributed by atoms with Crippen LogP contribution in [-0.4, -0.2) is 34.7 Å². The average Bonchev–Trinajstić information content (AvgIpc) is 3.66. The quantitative estimate of drug-likeness (QED) is 0.248. The highest BCUT2D eigenvalue weighted by Crippen LogP contribution is 2.33. The maximum atomic E-state index is 12.8. The number of aliphatic imine (C=N–C) groups is 1. The molecule has 3 aromatic carbocycles. The maximum Gasteiger partial charge on any atom is 0.363 e. The number of esters is 1. The van der Waals surface area contributed by atoms with Crippen LogP contribution in [0.3, 0.4) is 0 Å². The van der Waals surface area contributed by atoms with E-state index in [1.165, 1.54) is 0 Å². The Balaban J connectivity index is 1.32. The minimum atomic E-state index is -0.473. The molecule has 6 rings (SSSR count). The molecule has 0 aliphatic carbocycles. The SMILES string of the molecule is Cc1nn(-c2ccccc2)c(N2CCCC2)c1/C=C1\N=C(c2ccc(Oc3ccccc3)cc2)OC1=O. The molecule has 37 heavy (non-hydrogen) atoms. The summed E-state index contributed by atoms with van der Waals surface area (Å²) in [4.78, 5) is 19.7. The lowest BCUT2D eigenvalue weighted by Gasteiger charge is -2.20. The van der Waals surface area contributed by atoms with E-state index >= 15 is 0 Å². The molecule has 2 aliphatic heterocycles. The first kappa shape index (κ1) is 22.8. The smallest absolute Gasteiger partial charge is 0.363 e. The van der Waals surface area contributed by atoms with Crippen LogP contribution < -0.4 is 9.64 Å². The van der Waals surface area contributed by atoms with Gasteiger partial charge in [-0.1, -0.05) is 36.4 Å². The molecule has 0 saturated carbocycles. The zero-order valence-electron chi connectivity index (χ0n) is 20.5. The van der Waals surface area contributed by atoms with Gasteiger partial charge in [-0.05, 0) is 74.4 Å². The van der Waals surface area contributed by atoms with Crippen LogP contribution >= 0.6 is 0 Å². The van der Waals surface area contributed by atoms with Crippen molar-refractivity contribution in [2.75, 3.05) is 18.0 Å². The Hall–Kier alpha value is -4.65. The molecule has 2 aliphatic rings. The summed E-state index contributed by atoms with van der Waals surface area (Å²) in [6.07, 6.45) is 4.06. The Bertz CT molecular complexity index is 1480. The second-order valence-electron chi connectivity index (χ2n) is 9.04. The lowest BCUT2D eigenvalue weighted by molar-refractivity contribution is -0.129. The third kappa shape index (κ3) is 4.63. The number of rotatable bonds is 6. The zero-order chi connectivity index (χ0) is 25.2. The summed E-state index contributed by atoms with van der Waals surface area (Å²) in [6, 6.07) is 27.0. The fourth-order valence-electron chi connectivity index (χ4n) is 4.64. The van der Waals surface area contributed by atoms with Gasteiger partial charge in [-0.2, -0.15) is 5.10 Å². The molecular formula is C30H26N4O3. The summed E-state index contributed by atoms with van der Waals surface area (Å²) in [7, 11) is 0. The van der Waals surface area contributed by atoms with Gasteiger partial charge in [-0.15, -0.1) is 0 Å². The average molecular weight is 491 g/mol. The number of aromatic nitrogens is 2. The number of hydrogen-bond acceptors (Lipinski definition) is 6. The monoisotopic (exact) mass is 490 g/mol. The zero-order valence-corrected chi connectivity index (χ0v) is 20.5. The number of benzene rings is 3. The first-order valence-electron chi connectivity index (χ1n) is 12.4. The standard InChI is InChI=1S/C30H26N4O3/c1-21-26(29(33-18-8-9-19-33)34(32-21)23-10-4-2-5-11-23)20-27-30(35)37-28(31-27)22-14-16-25(17-15-22)36-24-12-6-3-7-13-24/h2-7,10-17,20H,8-9,18-19H2,1H3/b27-20-. The van der Waals surface area contributed by atoms with Crippen LogP contribution in [0, 0.1) is 6.92 Å². The van der Waals surface area contributed by atoms with Crippen LogP contribution in [0.4, 0.5) is 5.82 Å². The van der Waals surface area contributed by atoms with Crippen LogP contribution in [0.25, 0.3) is 11.8 Å². The van der Waals surface area contributed by atoms with Crippen LogP contribution in [0.2, 0.25) is 0 Å². The number of ether oxygens (including phenoxy) is 2.